The molecule has 3 heterocycles. The summed E-state index contributed by atoms with van der Waals surface area (Å²) in [6, 6.07) is 2.86. The Morgan fingerprint density at radius 1 is 1.21 bits per heavy atom. The van der Waals surface area contributed by atoms with Crippen molar-refractivity contribution in [2.24, 2.45) is 0 Å². The van der Waals surface area contributed by atoms with Crippen molar-refractivity contribution in [2.45, 2.75) is 58.8 Å². The Balaban J connectivity index is 1.68. The van der Waals surface area contributed by atoms with Crippen LogP contribution < -0.4 is 5.32 Å². The fourth-order valence-electron chi connectivity index (χ4n) is 3.50. The van der Waals surface area contributed by atoms with Crippen molar-refractivity contribution >= 4 is 22.8 Å². The van der Waals surface area contributed by atoms with E-state index < -0.39 is 17.6 Å². The van der Waals surface area contributed by atoms with Gasteiger partial charge in [0.15, 0.2) is 11.5 Å². The Kier molecular flexibility index (Phi) is 4.59. The number of pyridine rings is 1. The molecule has 3 aromatic heterocycles. The number of carbonyl (C=O) groups is 1. The summed E-state index contributed by atoms with van der Waals surface area (Å²) < 4.78 is 43.9. The van der Waals surface area contributed by atoms with Gasteiger partial charge >= 0.3 is 6.18 Å². The number of halogens is 3. The molecule has 0 bridgehead atoms. The number of hydrogen-bond acceptors (Lipinski definition) is 4. The smallest absolute Gasteiger partial charge is 0.308 e. The summed E-state index contributed by atoms with van der Waals surface area (Å²) in [7, 11) is 0. The SMILES string of the molecule is CCn1nc(NC(=O)Cn2nc(C)c3c(C(F)(F)F)cc(C4CC4)nc32)cc1C. The topological polar surface area (TPSA) is 77.6 Å². The lowest BCUT2D eigenvalue weighted by molar-refractivity contribution is -0.136. The number of fused-ring (bicyclic) bond motifs is 1. The van der Waals surface area contributed by atoms with Crippen molar-refractivity contribution in [2.75, 3.05) is 5.32 Å². The summed E-state index contributed by atoms with van der Waals surface area (Å²) in [5.41, 5.74) is 0.842. The summed E-state index contributed by atoms with van der Waals surface area (Å²) in [5.74, 6) is 0.00597. The maximum Gasteiger partial charge on any atom is 0.417 e. The molecule has 10 heteroatoms. The molecule has 29 heavy (non-hydrogen) atoms. The third kappa shape index (κ3) is 3.70. The zero-order valence-corrected chi connectivity index (χ0v) is 16.3. The molecule has 1 aliphatic rings. The van der Waals surface area contributed by atoms with Crippen LogP contribution >= 0.6 is 0 Å². The van der Waals surface area contributed by atoms with E-state index in [1.54, 1.807) is 10.7 Å². The first-order valence-electron chi connectivity index (χ1n) is 9.47. The molecule has 0 unspecified atom stereocenters. The molecule has 1 aliphatic carbocycles. The Morgan fingerprint density at radius 2 is 1.93 bits per heavy atom. The maximum absolute atomic E-state index is 13.6. The second-order valence-corrected chi connectivity index (χ2v) is 7.34. The molecule has 0 saturated heterocycles. The molecule has 0 aliphatic heterocycles. The summed E-state index contributed by atoms with van der Waals surface area (Å²) in [6.45, 7) is 5.72. The number of nitrogens with zero attached hydrogens (tertiary/aromatic N) is 5. The van der Waals surface area contributed by atoms with E-state index in [0.717, 1.165) is 24.6 Å². The fourth-order valence-corrected chi connectivity index (χ4v) is 3.50. The van der Waals surface area contributed by atoms with Gasteiger partial charge in [0.05, 0.1) is 16.6 Å². The number of aryl methyl sites for hydroxylation is 3. The molecule has 154 valence electrons. The predicted octanol–water partition coefficient (Wildman–Crippen LogP) is 3.80. The van der Waals surface area contributed by atoms with E-state index >= 15 is 0 Å². The minimum atomic E-state index is -4.52. The van der Waals surface area contributed by atoms with Crippen LogP contribution in [0.15, 0.2) is 12.1 Å². The van der Waals surface area contributed by atoms with E-state index in [1.165, 1.54) is 11.6 Å². The molecule has 0 aromatic carbocycles. The molecular formula is C19H21F3N6O. The highest BCUT2D eigenvalue weighted by atomic mass is 19.4. The lowest BCUT2D eigenvalue weighted by Gasteiger charge is -2.11. The van der Waals surface area contributed by atoms with Crippen molar-refractivity contribution in [3.63, 3.8) is 0 Å². The van der Waals surface area contributed by atoms with E-state index in [-0.39, 0.29) is 29.2 Å². The van der Waals surface area contributed by atoms with Gasteiger partial charge < -0.3 is 5.32 Å². The summed E-state index contributed by atoms with van der Waals surface area (Å²) in [4.78, 5) is 16.9. The second kappa shape index (κ2) is 6.85. The Labute approximate surface area is 164 Å². The number of hydrogen-bond donors (Lipinski definition) is 1. The van der Waals surface area contributed by atoms with E-state index in [2.05, 4.69) is 20.5 Å². The van der Waals surface area contributed by atoms with Gasteiger partial charge in [0.1, 0.15) is 6.54 Å². The number of alkyl halides is 3. The van der Waals surface area contributed by atoms with Crippen LogP contribution in [0.3, 0.4) is 0 Å². The molecule has 7 nitrogen and oxygen atoms in total. The second-order valence-electron chi connectivity index (χ2n) is 7.34. The standard InChI is InChI=1S/C19H21F3N6O/c1-4-27-10(2)7-15(26-27)24-16(29)9-28-18-17(11(3)25-28)13(19(20,21)22)8-14(23-18)12-5-6-12/h7-8,12H,4-6,9H2,1-3H3,(H,24,26,29). The molecule has 0 radical (unpaired) electrons. The van der Waals surface area contributed by atoms with E-state index in [0.29, 0.717) is 18.1 Å². The van der Waals surface area contributed by atoms with Crippen LogP contribution in [0, 0.1) is 13.8 Å². The summed E-state index contributed by atoms with van der Waals surface area (Å²) in [5, 5.41) is 11.1. The van der Waals surface area contributed by atoms with Gasteiger partial charge in [-0.1, -0.05) is 0 Å². The maximum atomic E-state index is 13.6. The van der Waals surface area contributed by atoms with Crippen LogP contribution in [0.1, 0.15) is 48.3 Å². The van der Waals surface area contributed by atoms with Gasteiger partial charge in [0.25, 0.3) is 0 Å². The first kappa shape index (κ1) is 19.4. The number of aromatic nitrogens is 5. The van der Waals surface area contributed by atoms with Crippen molar-refractivity contribution < 1.29 is 18.0 Å². The van der Waals surface area contributed by atoms with Gasteiger partial charge in [-0.3, -0.25) is 9.48 Å². The van der Waals surface area contributed by atoms with Crippen LogP contribution in [0.5, 0.6) is 0 Å². The average Bonchev–Trinajstić information content (AvgIpc) is 3.36. The fraction of sp³-hybridized carbons (Fsp3) is 0.474. The highest BCUT2D eigenvalue weighted by Gasteiger charge is 2.37. The van der Waals surface area contributed by atoms with Crippen molar-refractivity contribution in [1.29, 1.82) is 0 Å². The van der Waals surface area contributed by atoms with Crippen molar-refractivity contribution in [3.8, 4) is 0 Å². The molecular weight excluding hydrogens is 385 g/mol. The first-order valence-corrected chi connectivity index (χ1v) is 9.47. The Morgan fingerprint density at radius 3 is 2.52 bits per heavy atom. The van der Waals surface area contributed by atoms with Gasteiger partial charge in [0.2, 0.25) is 5.91 Å². The number of nitrogens with one attached hydrogen (secondary N) is 1. The van der Waals surface area contributed by atoms with Gasteiger partial charge in [-0.25, -0.2) is 9.67 Å². The molecule has 1 N–H and O–H groups in total. The highest BCUT2D eigenvalue weighted by molar-refractivity contribution is 5.91. The van der Waals surface area contributed by atoms with E-state index in [1.807, 2.05) is 13.8 Å². The summed E-state index contributed by atoms with van der Waals surface area (Å²) in [6.07, 6.45) is -2.87. The molecule has 1 fully saturated rings. The monoisotopic (exact) mass is 406 g/mol. The van der Waals surface area contributed by atoms with E-state index in [9.17, 15) is 18.0 Å². The zero-order valence-electron chi connectivity index (χ0n) is 16.3. The number of carbonyl (C=O) groups excluding carboxylic acids is 1. The number of rotatable bonds is 5. The molecule has 4 rings (SSSR count). The zero-order chi connectivity index (χ0) is 20.9. The minimum absolute atomic E-state index is 0.0407. The van der Waals surface area contributed by atoms with Gasteiger partial charge in [0, 0.05) is 29.9 Å². The van der Waals surface area contributed by atoms with Gasteiger partial charge in [-0.15, -0.1) is 0 Å². The van der Waals surface area contributed by atoms with Crippen LogP contribution in [0.25, 0.3) is 11.0 Å². The lowest BCUT2D eigenvalue weighted by Crippen LogP contribution is -2.20. The minimum Gasteiger partial charge on any atom is -0.308 e. The average molecular weight is 406 g/mol. The Bertz CT molecular complexity index is 1090. The third-order valence-corrected chi connectivity index (χ3v) is 5.04. The van der Waals surface area contributed by atoms with E-state index in [4.69, 9.17) is 0 Å². The first-order chi connectivity index (χ1) is 13.7. The molecule has 0 spiro atoms. The Hall–Kier alpha value is -2.91. The molecule has 1 saturated carbocycles. The van der Waals surface area contributed by atoms with Crippen molar-refractivity contribution in [1.82, 2.24) is 24.5 Å². The predicted molar refractivity (Wildman–Crippen MR) is 101 cm³/mol. The van der Waals surface area contributed by atoms with Crippen LogP contribution in [-0.2, 0) is 24.1 Å². The largest absolute Gasteiger partial charge is 0.417 e. The third-order valence-electron chi connectivity index (χ3n) is 5.04. The van der Waals surface area contributed by atoms with Gasteiger partial charge in [-0.2, -0.15) is 23.4 Å². The van der Waals surface area contributed by atoms with Crippen molar-refractivity contribution in [3.05, 3.63) is 34.8 Å². The van der Waals surface area contributed by atoms with Crippen LogP contribution in [0.4, 0.5) is 19.0 Å². The normalized spacial score (nSPS) is 14.6. The number of anilines is 1. The molecule has 1 amide bonds. The van der Waals surface area contributed by atoms with Crippen LogP contribution in [-0.4, -0.2) is 30.5 Å². The molecule has 3 aromatic rings. The highest BCUT2D eigenvalue weighted by Crippen LogP contribution is 2.43. The van der Waals surface area contributed by atoms with Gasteiger partial charge in [-0.05, 0) is 39.7 Å². The lowest BCUT2D eigenvalue weighted by atomic mass is 10.1. The number of amides is 1. The quantitative estimate of drug-likeness (QED) is 0.699. The van der Waals surface area contributed by atoms with Crippen LogP contribution in [0.2, 0.25) is 0 Å². The summed E-state index contributed by atoms with van der Waals surface area (Å²) >= 11 is 0. The molecule has 0 atom stereocenters.